The van der Waals surface area contributed by atoms with E-state index >= 15 is 0 Å². The van der Waals surface area contributed by atoms with E-state index in [1.54, 1.807) is 39.1 Å². The number of piperidine rings is 1. The number of hydrogen-bond donors (Lipinski definition) is 3. The summed E-state index contributed by atoms with van der Waals surface area (Å²) in [6.45, 7) is 5.86. The molecule has 9 heteroatoms. The van der Waals surface area contributed by atoms with Gasteiger partial charge in [-0.3, -0.25) is 14.5 Å². The summed E-state index contributed by atoms with van der Waals surface area (Å²) in [7, 11) is 0. The Morgan fingerprint density at radius 3 is 2.67 bits per heavy atom. The van der Waals surface area contributed by atoms with Gasteiger partial charge in [-0.15, -0.1) is 0 Å². The van der Waals surface area contributed by atoms with Gasteiger partial charge >= 0.3 is 6.09 Å². The molecule has 0 bridgehead atoms. The second-order valence-corrected chi connectivity index (χ2v) is 10.1. The van der Waals surface area contributed by atoms with Crippen LogP contribution in [-0.2, 0) is 9.53 Å². The first kappa shape index (κ1) is 23.6. The fourth-order valence-electron chi connectivity index (χ4n) is 4.76. The molecule has 1 aromatic heterocycles. The highest BCUT2D eigenvalue weighted by molar-refractivity contribution is 6.18. The smallest absolute Gasteiger partial charge is 0.410 e. The molecule has 3 heterocycles. The van der Waals surface area contributed by atoms with Crippen LogP contribution in [0.15, 0.2) is 47.6 Å². The zero-order valence-corrected chi connectivity index (χ0v) is 20.6. The van der Waals surface area contributed by atoms with Crippen LogP contribution in [0.5, 0.6) is 0 Å². The minimum atomic E-state index is -0.654. The molecule has 2 aromatic carbocycles. The third kappa shape index (κ3) is 4.56. The lowest BCUT2D eigenvalue weighted by Crippen LogP contribution is -2.51. The Hall–Kier alpha value is -4.14. The van der Waals surface area contributed by atoms with Gasteiger partial charge in [0.1, 0.15) is 11.6 Å². The Kier molecular flexibility index (Phi) is 5.99. The lowest BCUT2D eigenvalue weighted by Gasteiger charge is -2.35. The number of carbonyl (C=O) groups excluding carboxylic acids is 3. The van der Waals surface area contributed by atoms with Crippen molar-refractivity contribution in [2.24, 2.45) is 5.10 Å². The molecule has 1 atom stereocenters. The van der Waals surface area contributed by atoms with Gasteiger partial charge < -0.3 is 15.0 Å². The highest BCUT2D eigenvalue weighted by Crippen LogP contribution is 2.34. The van der Waals surface area contributed by atoms with Gasteiger partial charge in [-0.1, -0.05) is 30.3 Å². The van der Waals surface area contributed by atoms with Crippen molar-refractivity contribution in [2.45, 2.75) is 51.7 Å². The first-order chi connectivity index (χ1) is 17.2. The zero-order valence-electron chi connectivity index (χ0n) is 20.6. The van der Waals surface area contributed by atoms with Crippen molar-refractivity contribution in [2.75, 3.05) is 11.9 Å². The normalized spacial score (nSPS) is 17.5. The van der Waals surface area contributed by atoms with E-state index in [9.17, 15) is 14.4 Å². The topological polar surface area (TPSA) is 116 Å². The summed E-state index contributed by atoms with van der Waals surface area (Å²) in [5.41, 5.74) is 6.03. The summed E-state index contributed by atoms with van der Waals surface area (Å²) >= 11 is 0. The Balaban J connectivity index is 1.49. The number of hydrogen-bond acceptors (Lipinski definition) is 5. The molecular formula is C27H29N5O4. The Morgan fingerprint density at radius 1 is 1.14 bits per heavy atom. The number of ether oxygens (including phenoxy) is 1. The fraction of sp³-hybridized carbons (Fsp3) is 0.333. The van der Waals surface area contributed by atoms with Crippen LogP contribution in [0.4, 0.5) is 10.5 Å². The van der Waals surface area contributed by atoms with Crippen LogP contribution in [0.25, 0.3) is 22.2 Å². The summed E-state index contributed by atoms with van der Waals surface area (Å²) in [5.74, 6) is -0.676. The van der Waals surface area contributed by atoms with Gasteiger partial charge in [-0.25, -0.2) is 10.2 Å². The zero-order chi connectivity index (χ0) is 25.4. The standard InChI is InChI=1S/C27H29N5O4/c1-27(2,3)36-26(35)32-12-8-7-11-21(32)25(34)29-17-13-18-22-19(15-28-31-24(18)33)23(30-20(22)14-17)16-9-5-4-6-10-16/h4-6,9-10,13-15,21,30H,7-8,11-12H2,1-3H3,(H,29,34)(H,31,33)/t21-/m1/s1. The number of amides is 3. The molecule has 3 aromatic rings. The molecule has 5 rings (SSSR count). The first-order valence-electron chi connectivity index (χ1n) is 12.1. The molecule has 0 radical (unpaired) electrons. The number of aromatic amines is 1. The summed E-state index contributed by atoms with van der Waals surface area (Å²) in [6.07, 6.45) is 3.32. The molecule has 186 valence electrons. The van der Waals surface area contributed by atoms with E-state index in [1.807, 2.05) is 30.3 Å². The minimum absolute atomic E-state index is 0.313. The van der Waals surface area contributed by atoms with Crippen LogP contribution >= 0.6 is 0 Å². The largest absolute Gasteiger partial charge is 0.444 e. The number of carbonyl (C=O) groups is 3. The molecule has 36 heavy (non-hydrogen) atoms. The summed E-state index contributed by atoms with van der Waals surface area (Å²) in [5, 5.41) is 7.75. The average molecular weight is 488 g/mol. The Morgan fingerprint density at radius 2 is 1.92 bits per heavy atom. The average Bonchev–Trinajstić information content (AvgIpc) is 3.12. The SMILES string of the molecule is CC(C)(C)OC(=O)N1CCCC[C@@H]1C(=O)Nc1cc2c3c(c(-c4ccccc4)[nH]c3c1)C=NNC2=O. The van der Waals surface area contributed by atoms with Crippen molar-refractivity contribution in [1.82, 2.24) is 15.3 Å². The van der Waals surface area contributed by atoms with Crippen molar-refractivity contribution < 1.29 is 19.1 Å². The predicted molar refractivity (Wildman–Crippen MR) is 138 cm³/mol. The molecule has 3 amide bonds. The van der Waals surface area contributed by atoms with Crippen LogP contribution in [0.1, 0.15) is 56.0 Å². The number of likely N-dealkylation sites (tertiary alicyclic amines) is 1. The number of aromatic nitrogens is 1. The maximum atomic E-state index is 13.3. The van der Waals surface area contributed by atoms with Crippen LogP contribution in [-0.4, -0.2) is 52.2 Å². The van der Waals surface area contributed by atoms with Gasteiger partial charge in [-0.2, -0.15) is 5.10 Å². The number of benzene rings is 2. The van der Waals surface area contributed by atoms with Gasteiger partial charge in [0.25, 0.3) is 5.91 Å². The van der Waals surface area contributed by atoms with E-state index in [-0.39, 0.29) is 11.8 Å². The summed E-state index contributed by atoms with van der Waals surface area (Å²) in [6, 6.07) is 12.6. The first-order valence-corrected chi connectivity index (χ1v) is 12.1. The van der Waals surface area contributed by atoms with E-state index in [0.717, 1.165) is 35.0 Å². The third-order valence-electron chi connectivity index (χ3n) is 6.30. The number of rotatable bonds is 3. The van der Waals surface area contributed by atoms with Crippen LogP contribution < -0.4 is 10.7 Å². The Labute approximate surface area is 208 Å². The number of nitrogens with one attached hydrogen (secondary N) is 3. The lowest BCUT2D eigenvalue weighted by molar-refractivity contribution is -0.122. The number of hydrazone groups is 1. The van der Waals surface area contributed by atoms with Crippen molar-refractivity contribution in [3.63, 3.8) is 0 Å². The Bertz CT molecular complexity index is 1370. The van der Waals surface area contributed by atoms with E-state index in [2.05, 4.69) is 20.8 Å². The third-order valence-corrected chi connectivity index (χ3v) is 6.30. The molecule has 2 aliphatic heterocycles. The molecule has 1 fully saturated rings. The summed E-state index contributed by atoms with van der Waals surface area (Å²) in [4.78, 5) is 43.8. The molecule has 2 aliphatic rings. The van der Waals surface area contributed by atoms with Gasteiger partial charge in [0.15, 0.2) is 0 Å². The number of nitrogens with zero attached hydrogens (tertiary/aromatic N) is 2. The van der Waals surface area contributed by atoms with Crippen molar-refractivity contribution in [1.29, 1.82) is 0 Å². The van der Waals surface area contributed by atoms with E-state index in [1.165, 1.54) is 4.90 Å². The molecule has 0 unspecified atom stereocenters. The molecule has 0 saturated carbocycles. The molecule has 9 nitrogen and oxygen atoms in total. The second kappa shape index (κ2) is 9.14. The highest BCUT2D eigenvalue weighted by atomic mass is 16.6. The maximum absolute atomic E-state index is 13.3. The quantitative estimate of drug-likeness (QED) is 0.499. The maximum Gasteiger partial charge on any atom is 0.410 e. The van der Waals surface area contributed by atoms with Gasteiger partial charge in [0.05, 0.1) is 17.5 Å². The monoisotopic (exact) mass is 487 g/mol. The van der Waals surface area contributed by atoms with Crippen LogP contribution in [0, 0.1) is 0 Å². The molecule has 1 saturated heterocycles. The van der Waals surface area contributed by atoms with Crippen molar-refractivity contribution >= 4 is 40.7 Å². The molecular weight excluding hydrogens is 458 g/mol. The van der Waals surface area contributed by atoms with Gasteiger partial charge in [0, 0.05) is 28.7 Å². The molecule has 3 N–H and O–H groups in total. The number of H-pyrrole nitrogens is 1. The van der Waals surface area contributed by atoms with E-state index < -0.39 is 17.7 Å². The second-order valence-electron chi connectivity index (χ2n) is 10.1. The van der Waals surface area contributed by atoms with Crippen LogP contribution in [0.3, 0.4) is 0 Å². The molecule has 0 aliphatic carbocycles. The summed E-state index contributed by atoms with van der Waals surface area (Å²) < 4.78 is 5.53. The predicted octanol–water partition coefficient (Wildman–Crippen LogP) is 4.64. The lowest BCUT2D eigenvalue weighted by atomic mass is 10.0. The van der Waals surface area contributed by atoms with E-state index in [4.69, 9.17) is 4.74 Å². The van der Waals surface area contributed by atoms with Crippen molar-refractivity contribution in [3.05, 3.63) is 53.6 Å². The van der Waals surface area contributed by atoms with Crippen molar-refractivity contribution in [3.8, 4) is 11.3 Å². The fourth-order valence-corrected chi connectivity index (χ4v) is 4.76. The molecule has 0 spiro atoms. The minimum Gasteiger partial charge on any atom is -0.444 e. The van der Waals surface area contributed by atoms with Crippen LogP contribution in [0.2, 0.25) is 0 Å². The number of anilines is 1. The van der Waals surface area contributed by atoms with Gasteiger partial charge in [-0.05, 0) is 57.7 Å². The van der Waals surface area contributed by atoms with E-state index in [0.29, 0.717) is 29.7 Å². The van der Waals surface area contributed by atoms with Gasteiger partial charge in [0.2, 0.25) is 5.91 Å². The highest BCUT2D eigenvalue weighted by Gasteiger charge is 2.35.